The second-order valence-electron chi connectivity index (χ2n) is 15.4. The first-order valence-corrected chi connectivity index (χ1v) is 22.7. The topological polar surface area (TPSA) is 128 Å². The maximum atomic E-state index is 13.6. The van der Waals surface area contributed by atoms with Crippen LogP contribution in [0.15, 0.2) is 125 Å². The van der Waals surface area contributed by atoms with Gasteiger partial charge in [0, 0.05) is 71.3 Å². The molecule has 1 saturated heterocycles. The van der Waals surface area contributed by atoms with E-state index in [1.807, 2.05) is 67.5 Å². The number of nitrogens with zero attached hydrogens (tertiary/aromatic N) is 4. The Kier molecular flexibility index (Phi) is 13.6. The summed E-state index contributed by atoms with van der Waals surface area (Å²) in [7, 11) is -0.513. The lowest BCUT2D eigenvalue weighted by Gasteiger charge is -2.43. The summed E-state index contributed by atoms with van der Waals surface area (Å²) in [5.74, 6) is -0.145. The van der Waals surface area contributed by atoms with Crippen LogP contribution in [0.25, 0.3) is 11.1 Å². The van der Waals surface area contributed by atoms with E-state index >= 15 is 0 Å². The number of fused-ring (bicyclic) bond motifs is 3. The first kappa shape index (κ1) is 42.2. The molecule has 14 heteroatoms. The van der Waals surface area contributed by atoms with Crippen molar-refractivity contribution in [1.82, 2.24) is 14.5 Å². The number of rotatable bonds is 15. The highest BCUT2D eigenvalue weighted by atomic mass is 35.5. The number of amides is 1. The molecule has 5 aromatic rings. The molecule has 0 saturated carbocycles. The number of carbonyl (C=O) groups is 1. The number of benzene rings is 5. The quantitative estimate of drug-likeness (QED) is 0.0601. The molecule has 2 N–H and O–H groups in total. The molecular formula is C45H49ClN6O5S2. The minimum Gasteiger partial charge on any atom is -0.376 e. The lowest BCUT2D eigenvalue weighted by molar-refractivity contribution is -0.384. The van der Waals surface area contributed by atoms with Crippen molar-refractivity contribution in [2.75, 3.05) is 56.2 Å². The normalized spacial score (nSPS) is 16.1. The number of hydrogen-bond donors (Lipinski definition) is 2. The fourth-order valence-corrected chi connectivity index (χ4v) is 10.0. The van der Waals surface area contributed by atoms with Crippen molar-refractivity contribution >= 4 is 56.4 Å². The van der Waals surface area contributed by atoms with E-state index in [0.29, 0.717) is 23.2 Å². The third-order valence-corrected chi connectivity index (χ3v) is 13.7. The molecule has 11 nitrogen and oxygen atoms in total. The van der Waals surface area contributed by atoms with Gasteiger partial charge in [0.2, 0.25) is 0 Å². The first-order chi connectivity index (χ1) is 28.4. The number of nitro benzene ring substituents is 1. The number of nitro groups is 1. The van der Waals surface area contributed by atoms with Gasteiger partial charge < -0.3 is 15.1 Å². The lowest BCUT2D eigenvalue weighted by atomic mass is 9.98. The van der Waals surface area contributed by atoms with Crippen molar-refractivity contribution in [3.05, 3.63) is 147 Å². The second kappa shape index (κ2) is 19.0. The largest absolute Gasteiger partial charge is 0.376 e. The van der Waals surface area contributed by atoms with Crippen molar-refractivity contribution in [2.24, 2.45) is 0 Å². The van der Waals surface area contributed by atoms with E-state index in [0.717, 1.165) is 79.8 Å². The summed E-state index contributed by atoms with van der Waals surface area (Å²) in [6.45, 7) is 4.18. The molecule has 59 heavy (non-hydrogen) atoms. The summed E-state index contributed by atoms with van der Waals surface area (Å²) in [6.07, 6.45) is 3.39. The Morgan fingerprint density at radius 1 is 0.966 bits per heavy atom. The molecule has 1 amide bonds. The molecule has 2 aliphatic heterocycles. The predicted octanol–water partition coefficient (Wildman–Crippen LogP) is 8.59. The van der Waals surface area contributed by atoms with Gasteiger partial charge >= 0.3 is 0 Å². The van der Waals surface area contributed by atoms with Crippen molar-refractivity contribution in [3.63, 3.8) is 0 Å². The molecule has 0 aliphatic carbocycles. The third kappa shape index (κ3) is 10.6. The van der Waals surface area contributed by atoms with Gasteiger partial charge in [-0.25, -0.2) is 13.1 Å². The van der Waals surface area contributed by atoms with E-state index in [2.05, 4.69) is 56.2 Å². The van der Waals surface area contributed by atoms with E-state index in [1.54, 1.807) is 23.9 Å². The Hall–Kier alpha value is -4.92. The molecule has 0 spiro atoms. The van der Waals surface area contributed by atoms with Crippen LogP contribution in [-0.2, 0) is 23.0 Å². The number of piperazine rings is 1. The van der Waals surface area contributed by atoms with Crippen LogP contribution < -0.4 is 14.9 Å². The van der Waals surface area contributed by atoms with Crippen LogP contribution in [0.1, 0.15) is 40.7 Å². The number of carbonyl (C=O) groups excluding carboxylic acids is 1. The number of sulfonamides is 1. The minimum atomic E-state index is -4.44. The molecule has 0 bridgehead atoms. The Morgan fingerprint density at radius 3 is 2.49 bits per heavy atom. The number of nitrogens with one attached hydrogen (secondary N) is 2. The van der Waals surface area contributed by atoms with Crippen LogP contribution in [0.5, 0.6) is 0 Å². The fraction of sp³-hybridized carbons (Fsp3) is 0.311. The first-order valence-electron chi connectivity index (χ1n) is 19.8. The van der Waals surface area contributed by atoms with Crippen LogP contribution in [-0.4, -0.2) is 87.2 Å². The van der Waals surface area contributed by atoms with Gasteiger partial charge in [-0.1, -0.05) is 66.2 Å². The van der Waals surface area contributed by atoms with Gasteiger partial charge in [0.05, 0.1) is 9.82 Å². The van der Waals surface area contributed by atoms with Gasteiger partial charge in [0.1, 0.15) is 5.69 Å². The summed E-state index contributed by atoms with van der Waals surface area (Å²) >= 11 is 7.80. The minimum absolute atomic E-state index is 0.140. The SMILES string of the molecule is CN(C)CC[C@H](CSc1ccccc1)Nc1ccc(S(=O)(=O)NC(=O)c2ccc3c(c2)CCC[C@@H]2CN(Cc4ccccc4-c4ccc(Cl)cc4)CCN32)cc1[N+](=O)[O-]. The molecule has 0 radical (unpaired) electrons. The van der Waals surface area contributed by atoms with Gasteiger partial charge in [-0.2, -0.15) is 0 Å². The van der Waals surface area contributed by atoms with E-state index in [4.69, 9.17) is 11.6 Å². The molecule has 2 aliphatic rings. The summed E-state index contributed by atoms with van der Waals surface area (Å²) in [5, 5.41) is 16.3. The number of anilines is 2. The maximum absolute atomic E-state index is 13.6. The van der Waals surface area contributed by atoms with Crippen molar-refractivity contribution < 1.29 is 18.1 Å². The van der Waals surface area contributed by atoms with Crippen LogP contribution in [0, 0.1) is 10.1 Å². The van der Waals surface area contributed by atoms with Gasteiger partial charge in [-0.15, -0.1) is 11.8 Å². The molecule has 7 rings (SSSR count). The molecule has 2 heterocycles. The Balaban J connectivity index is 1.02. The molecule has 5 aromatic carbocycles. The van der Waals surface area contributed by atoms with E-state index in [-0.39, 0.29) is 27.9 Å². The Morgan fingerprint density at radius 2 is 1.73 bits per heavy atom. The van der Waals surface area contributed by atoms with Crippen molar-refractivity contribution in [1.29, 1.82) is 0 Å². The molecule has 308 valence electrons. The highest BCUT2D eigenvalue weighted by Crippen LogP contribution is 2.35. The van der Waals surface area contributed by atoms with Crippen LogP contribution in [0.2, 0.25) is 5.02 Å². The summed E-state index contributed by atoms with van der Waals surface area (Å²) in [6, 6.07) is 35.6. The average molecular weight is 854 g/mol. The lowest BCUT2D eigenvalue weighted by Crippen LogP contribution is -2.52. The van der Waals surface area contributed by atoms with Gasteiger partial charge in [0.15, 0.2) is 0 Å². The summed E-state index contributed by atoms with van der Waals surface area (Å²) in [5.41, 5.74) is 5.72. The van der Waals surface area contributed by atoms with E-state index in [1.165, 1.54) is 23.3 Å². The van der Waals surface area contributed by atoms with Crippen molar-refractivity contribution in [3.8, 4) is 11.1 Å². The Labute approximate surface area is 356 Å². The number of thioether (sulfide) groups is 1. The third-order valence-electron chi connectivity index (χ3n) is 11.0. The molecule has 0 unspecified atom stereocenters. The van der Waals surface area contributed by atoms with E-state index < -0.39 is 20.9 Å². The van der Waals surface area contributed by atoms with Gasteiger partial charge in [-0.05, 0) is 123 Å². The fourth-order valence-electron chi connectivity index (χ4n) is 7.91. The smallest absolute Gasteiger partial charge is 0.293 e. The zero-order valence-electron chi connectivity index (χ0n) is 33.2. The summed E-state index contributed by atoms with van der Waals surface area (Å²) in [4.78, 5) is 32.9. The molecule has 0 aromatic heterocycles. The van der Waals surface area contributed by atoms with Gasteiger partial charge in [0.25, 0.3) is 21.6 Å². The molecular weight excluding hydrogens is 804 g/mol. The highest BCUT2D eigenvalue weighted by molar-refractivity contribution is 7.99. The van der Waals surface area contributed by atoms with Crippen LogP contribution >= 0.6 is 23.4 Å². The van der Waals surface area contributed by atoms with Crippen LogP contribution in [0.3, 0.4) is 0 Å². The Bertz CT molecular complexity index is 2380. The van der Waals surface area contributed by atoms with Gasteiger partial charge in [-0.3, -0.25) is 19.8 Å². The number of aryl methyl sites for hydroxylation is 1. The molecule has 2 atom stereocenters. The van der Waals surface area contributed by atoms with Crippen molar-refractivity contribution in [2.45, 2.75) is 54.1 Å². The standard InChI is InChI=1S/C45H49ClN6O5S2/c1-49(2)24-23-37(31-58-39-12-4-3-5-13-39)47-42-21-20-40(28-44(42)52(54)55)59(56,57)48-45(53)34-17-22-43-33(27-34)10-8-11-38-30-50(25-26-51(38)43)29-35-9-6-7-14-41(35)32-15-18-36(46)19-16-32/h3-7,9,12-22,27-28,37-38,47H,8,10-11,23-26,29-31H2,1-2H3,(H,48,53)/t37-,38-/m1/s1. The van der Waals surface area contributed by atoms with E-state index in [9.17, 15) is 23.3 Å². The predicted molar refractivity (Wildman–Crippen MR) is 238 cm³/mol. The molecule has 1 fully saturated rings. The number of halogens is 1. The average Bonchev–Trinajstić information content (AvgIpc) is 3.41. The zero-order chi connectivity index (χ0) is 41.5. The van der Waals surface area contributed by atoms with Crippen LogP contribution in [0.4, 0.5) is 17.1 Å². The summed E-state index contributed by atoms with van der Waals surface area (Å²) < 4.78 is 29.3. The highest BCUT2D eigenvalue weighted by Gasteiger charge is 2.32. The maximum Gasteiger partial charge on any atom is 0.293 e. The number of hydrogen-bond acceptors (Lipinski definition) is 10. The second-order valence-corrected chi connectivity index (χ2v) is 18.6. The zero-order valence-corrected chi connectivity index (χ0v) is 35.6. The monoisotopic (exact) mass is 852 g/mol.